The van der Waals surface area contributed by atoms with E-state index in [1.54, 1.807) is 13.8 Å². The lowest BCUT2D eigenvalue weighted by Crippen LogP contribution is -2.32. The van der Waals surface area contributed by atoms with E-state index in [2.05, 4.69) is 0 Å². The molecular formula is C23H21F8NO3. The number of alkyl halides is 6. The second kappa shape index (κ2) is 9.19. The molecule has 1 fully saturated rings. The number of hydrogen-bond donors (Lipinski definition) is 0. The van der Waals surface area contributed by atoms with Gasteiger partial charge in [0.25, 0.3) is 0 Å². The van der Waals surface area contributed by atoms with Crippen LogP contribution in [0.25, 0.3) is 0 Å². The molecule has 0 saturated carbocycles. The third-order valence-electron chi connectivity index (χ3n) is 5.76. The molecule has 2 aromatic carbocycles. The van der Waals surface area contributed by atoms with E-state index in [4.69, 9.17) is 9.47 Å². The van der Waals surface area contributed by atoms with Crippen molar-refractivity contribution in [1.82, 2.24) is 4.90 Å². The standard InChI is InChI=1S/C23H21F8NO3/c1-10(2)16-7-13(20(34-4)18(25)17(16)24)9-32-11(3)19(35-21(32)33)12-5-14(22(26,27)28)8-15(6-12)23(29,30)31/h5-8,10-11,19H,9H2,1-4H3/t11-,19-/m0/s1. The molecule has 12 heteroatoms. The molecule has 1 heterocycles. The number of rotatable bonds is 5. The summed E-state index contributed by atoms with van der Waals surface area (Å²) in [4.78, 5) is 13.6. The quantitative estimate of drug-likeness (QED) is 0.398. The lowest BCUT2D eigenvalue weighted by atomic mass is 9.96. The molecule has 1 saturated heterocycles. The number of carbonyl (C=O) groups excluding carboxylic acids is 1. The van der Waals surface area contributed by atoms with E-state index in [0.29, 0.717) is 12.1 Å². The first kappa shape index (κ1) is 26.6. The van der Waals surface area contributed by atoms with E-state index in [1.165, 1.54) is 13.0 Å². The Morgan fingerprint density at radius 2 is 1.51 bits per heavy atom. The second-order valence-electron chi connectivity index (χ2n) is 8.45. The smallest absolute Gasteiger partial charge is 0.416 e. The number of benzene rings is 2. The van der Waals surface area contributed by atoms with Crippen molar-refractivity contribution in [2.45, 2.75) is 57.7 Å². The van der Waals surface area contributed by atoms with Gasteiger partial charge in [-0.25, -0.2) is 9.18 Å². The summed E-state index contributed by atoms with van der Waals surface area (Å²) in [6, 6.07) is 1.20. The van der Waals surface area contributed by atoms with Gasteiger partial charge in [-0.1, -0.05) is 13.8 Å². The predicted octanol–water partition coefficient (Wildman–Crippen LogP) is 7.22. The molecule has 2 aromatic rings. The summed E-state index contributed by atoms with van der Waals surface area (Å²) in [6.45, 7) is 4.20. The monoisotopic (exact) mass is 511 g/mol. The molecule has 0 bridgehead atoms. The van der Waals surface area contributed by atoms with Gasteiger partial charge in [0.15, 0.2) is 11.6 Å². The van der Waals surface area contributed by atoms with Crippen LogP contribution in [0, 0.1) is 11.6 Å². The highest BCUT2D eigenvalue weighted by Crippen LogP contribution is 2.42. The zero-order valence-corrected chi connectivity index (χ0v) is 18.9. The fraction of sp³-hybridized carbons (Fsp3) is 0.435. The molecule has 4 nitrogen and oxygen atoms in total. The molecule has 0 spiro atoms. The summed E-state index contributed by atoms with van der Waals surface area (Å²) < 4.78 is 119. The zero-order chi connectivity index (χ0) is 26.5. The fourth-order valence-corrected chi connectivity index (χ4v) is 3.93. The van der Waals surface area contributed by atoms with Gasteiger partial charge in [-0.15, -0.1) is 0 Å². The van der Waals surface area contributed by atoms with E-state index in [1.807, 2.05) is 0 Å². The van der Waals surface area contributed by atoms with Crippen LogP contribution in [0.4, 0.5) is 39.9 Å². The molecule has 2 atom stereocenters. The molecule has 192 valence electrons. The van der Waals surface area contributed by atoms with Gasteiger partial charge in [0.05, 0.1) is 30.8 Å². The summed E-state index contributed by atoms with van der Waals surface area (Å²) in [5.74, 6) is -3.32. The summed E-state index contributed by atoms with van der Waals surface area (Å²) in [5, 5.41) is 0. The Kier molecular flexibility index (Phi) is 6.98. The minimum absolute atomic E-state index is 0.00256. The number of nitrogens with zero attached hydrogens (tertiary/aromatic N) is 1. The maximum Gasteiger partial charge on any atom is 0.416 e. The molecule has 0 aromatic heterocycles. The first-order chi connectivity index (χ1) is 16.1. The third kappa shape index (κ3) is 5.15. The van der Waals surface area contributed by atoms with Gasteiger partial charge < -0.3 is 9.47 Å². The van der Waals surface area contributed by atoms with Crippen molar-refractivity contribution in [2.24, 2.45) is 0 Å². The van der Waals surface area contributed by atoms with Gasteiger partial charge in [0, 0.05) is 5.56 Å². The number of ether oxygens (including phenoxy) is 2. The maximum atomic E-state index is 14.6. The zero-order valence-electron chi connectivity index (χ0n) is 18.9. The van der Waals surface area contributed by atoms with Crippen LogP contribution in [0.1, 0.15) is 60.6 Å². The van der Waals surface area contributed by atoms with E-state index in [9.17, 15) is 39.9 Å². The number of hydrogen-bond acceptors (Lipinski definition) is 3. The van der Waals surface area contributed by atoms with Crippen LogP contribution in [0.15, 0.2) is 24.3 Å². The number of amides is 1. The predicted molar refractivity (Wildman–Crippen MR) is 108 cm³/mol. The molecular weight excluding hydrogens is 490 g/mol. The van der Waals surface area contributed by atoms with Crippen LogP contribution >= 0.6 is 0 Å². The molecule has 0 aliphatic carbocycles. The fourth-order valence-electron chi connectivity index (χ4n) is 3.93. The molecule has 3 rings (SSSR count). The SMILES string of the molecule is COc1c(CN2C(=O)O[C@H](c3cc(C(F)(F)F)cc(C(F)(F)F)c3)[C@@H]2C)cc(C(C)C)c(F)c1F. The highest BCUT2D eigenvalue weighted by molar-refractivity contribution is 5.71. The summed E-state index contributed by atoms with van der Waals surface area (Å²) >= 11 is 0. The topological polar surface area (TPSA) is 38.8 Å². The van der Waals surface area contributed by atoms with E-state index >= 15 is 0 Å². The van der Waals surface area contributed by atoms with Gasteiger partial charge >= 0.3 is 18.4 Å². The van der Waals surface area contributed by atoms with Crippen LogP contribution in [-0.2, 0) is 23.6 Å². The Morgan fingerprint density at radius 3 is 1.97 bits per heavy atom. The minimum Gasteiger partial charge on any atom is -0.493 e. The maximum absolute atomic E-state index is 14.6. The molecule has 1 aliphatic rings. The van der Waals surface area contributed by atoms with Gasteiger partial charge in [-0.2, -0.15) is 30.7 Å². The first-order valence-electron chi connectivity index (χ1n) is 10.4. The number of methoxy groups -OCH3 is 1. The molecule has 35 heavy (non-hydrogen) atoms. The number of cyclic esters (lactones) is 1. The van der Waals surface area contributed by atoms with Gasteiger partial charge in [0.1, 0.15) is 6.10 Å². The largest absolute Gasteiger partial charge is 0.493 e. The van der Waals surface area contributed by atoms with Crippen LogP contribution in [0.2, 0.25) is 0 Å². The summed E-state index contributed by atoms with van der Waals surface area (Å²) in [7, 11) is 1.09. The van der Waals surface area contributed by atoms with Crippen molar-refractivity contribution >= 4 is 6.09 Å². The van der Waals surface area contributed by atoms with Gasteiger partial charge in [0.2, 0.25) is 5.82 Å². The molecule has 1 aliphatic heterocycles. The summed E-state index contributed by atoms with van der Waals surface area (Å²) in [5.41, 5.74) is -3.54. The number of halogens is 8. The Hall–Kier alpha value is -3.05. The van der Waals surface area contributed by atoms with E-state index in [-0.39, 0.29) is 23.7 Å². The minimum atomic E-state index is -5.08. The second-order valence-corrected chi connectivity index (χ2v) is 8.45. The van der Waals surface area contributed by atoms with Crippen molar-refractivity contribution < 1.29 is 49.4 Å². The van der Waals surface area contributed by atoms with Crippen LogP contribution < -0.4 is 4.74 Å². The van der Waals surface area contributed by atoms with Crippen LogP contribution in [0.3, 0.4) is 0 Å². The highest BCUT2D eigenvalue weighted by Gasteiger charge is 2.43. The van der Waals surface area contributed by atoms with Crippen molar-refractivity contribution in [1.29, 1.82) is 0 Å². The van der Waals surface area contributed by atoms with E-state index in [0.717, 1.165) is 12.0 Å². The Labute approximate surface area is 195 Å². The van der Waals surface area contributed by atoms with Crippen molar-refractivity contribution in [3.8, 4) is 5.75 Å². The van der Waals surface area contributed by atoms with Gasteiger partial charge in [-0.3, -0.25) is 4.90 Å². The van der Waals surface area contributed by atoms with Crippen LogP contribution in [0.5, 0.6) is 5.75 Å². The van der Waals surface area contributed by atoms with Crippen LogP contribution in [-0.4, -0.2) is 24.1 Å². The van der Waals surface area contributed by atoms with E-state index < -0.39 is 70.6 Å². The first-order valence-corrected chi connectivity index (χ1v) is 10.4. The Morgan fingerprint density at radius 1 is 0.971 bits per heavy atom. The van der Waals surface area contributed by atoms with Crippen molar-refractivity contribution in [3.05, 3.63) is 63.7 Å². The average molecular weight is 511 g/mol. The van der Waals surface area contributed by atoms with Crippen molar-refractivity contribution in [2.75, 3.05) is 7.11 Å². The molecule has 1 amide bonds. The Bertz CT molecular complexity index is 1090. The third-order valence-corrected chi connectivity index (χ3v) is 5.76. The lowest BCUT2D eigenvalue weighted by Gasteiger charge is -2.24. The van der Waals surface area contributed by atoms with Gasteiger partial charge in [-0.05, 0) is 48.2 Å². The average Bonchev–Trinajstić information content (AvgIpc) is 3.02. The number of carbonyl (C=O) groups is 1. The normalized spacial score (nSPS) is 18.9. The Balaban J connectivity index is 2.02. The lowest BCUT2D eigenvalue weighted by molar-refractivity contribution is -0.143. The molecule has 0 N–H and O–H groups in total. The molecule has 0 unspecified atom stereocenters. The molecule has 0 radical (unpaired) electrons. The highest BCUT2D eigenvalue weighted by atomic mass is 19.4. The van der Waals surface area contributed by atoms with Crippen molar-refractivity contribution in [3.63, 3.8) is 0 Å². The summed E-state index contributed by atoms with van der Waals surface area (Å²) in [6.07, 6.45) is -12.7.